The van der Waals surface area contributed by atoms with E-state index in [1.165, 1.54) is 12.8 Å². The number of hydrogen-bond donors (Lipinski definition) is 0. The molecule has 0 atom stereocenters. The van der Waals surface area contributed by atoms with Crippen molar-refractivity contribution < 1.29 is 4.79 Å². The minimum Gasteiger partial charge on any atom is -0.318 e. The summed E-state index contributed by atoms with van der Waals surface area (Å²) in [6.07, 6.45) is 6.10. The zero-order valence-electron chi connectivity index (χ0n) is 6.92. The predicted molar refractivity (Wildman–Crippen MR) is 50.7 cm³/mol. The Kier molecular flexibility index (Phi) is 2.22. The van der Waals surface area contributed by atoms with Gasteiger partial charge in [-0.2, -0.15) is 0 Å². The lowest BCUT2D eigenvalue weighted by atomic mass is 10.2. The van der Waals surface area contributed by atoms with Crippen molar-refractivity contribution in [2.75, 3.05) is 6.54 Å². The second-order valence-corrected chi connectivity index (χ2v) is 4.58. The standard InChI is InChI=1S/C9H12BrNO/c10-8-3-4-9(12)11(6-8)5-7-1-2-7/h6-7H,1-5H2. The average molecular weight is 230 g/mol. The van der Waals surface area contributed by atoms with Gasteiger partial charge in [-0.1, -0.05) is 15.9 Å². The van der Waals surface area contributed by atoms with Crippen LogP contribution in [0.2, 0.25) is 0 Å². The summed E-state index contributed by atoms with van der Waals surface area (Å²) in [7, 11) is 0. The van der Waals surface area contributed by atoms with Crippen molar-refractivity contribution in [2.45, 2.75) is 25.7 Å². The number of rotatable bonds is 2. The molecule has 0 bridgehead atoms. The zero-order chi connectivity index (χ0) is 8.55. The summed E-state index contributed by atoms with van der Waals surface area (Å²) in [5, 5.41) is 0. The van der Waals surface area contributed by atoms with Gasteiger partial charge in [0.2, 0.25) is 5.91 Å². The minimum absolute atomic E-state index is 0.283. The van der Waals surface area contributed by atoms with E-state index >= 15 is 0 Å². The Labute approximate surface area is 80.7 Å². The fourth-order valence-electron chi connectivity index (χ4n) is 1.41. The Morgan fingerprint density at radius 1 is 1.50 bits per heavy atom. The van der Waals surface area contributed by atoms with Gasteiger partial charge < -0.3 is 4.90 Å². The van der Waals surface area contributed by atoms with Gasteiger partial charge in [-0.3, -0.25) is 4.79 Å². The van der Waals surface area contributed by atoms with E-state index in [1.54, 1.807) is 0 Å². The van der Waals surface area contributed by atoms with Crippen molar-refractivity contribution in [1.82, 2.24) is 4.90 Å². The molecule has 0 aromatic heterocycles. The topological polar surface area (TPSA) is 20.3 Å². The molecule has 0 radical (unpaired) electrons. The Bertz CT molecular complexity index is 233. The minimum atomic E-state index is 0.283. The van der Waals surface area contributed by atoms with Crippen LogP contribution >= 0.6 is 15.9 Å². The van der Waals surface area contributed by atoms with Crippen molar-refractivity contribution in [3.8, 4) is 0 Å². The first-order valence-electron chi connectivity index (χ1n) is 4.41. The molecule has 1 saturated carbocycles. The van der Waals surface area contributed by atoms with E-state index in [9.17, 15) is 4.79 Å². The summed E-state index contributed by atoms with van der Waals surface area (Å²) in [5.41, 5.74) is 0. The van der Waals surface area contributed by atoms with Crippen LogP contribution in [0.4, 0.5) is 0 Å². The van der Waals surface area contributed by atoms with E-state index in [1.807, 2.05) is 11.1 Å². The lowest BCUT2D eigenvalue weighted by Crippen LogP contribution is -2.30. The summed E-state index contributed by atoms with van der Waals surface area (Å²) in [6.45, 7) is 0.938. The van der Waals surface area contributed by atoms with E-state index in [4.69, 9.17) is 0 Å². The summed E-state index contributed by atoms with van der Waals surface area (Å²) in [5.74, 6) is 1.06. The Balaban J connectivity index is 1.99. The van der Waals surface area contributed by atoms with Gasteiger partial charge in [0.1, 0.15) is 0 Å². The highest BCUT2D eigenvalue weighted by Gasteiger charge is 2.27. The molecule has 0 aromatic rings. The lowest BCUT2D eigenvalue weighted by Gasteiger charge is -2.22. The van der Waals surface area contributed by atoms with Crippen LogP contribution in [0.25, 0.3) is 0 Å². The van der Waals surface area contributed by atoms with E-state index in [0.29, 0.717) is 6.42 Å². The highest BCUT2D eigenvalue weighted by molar-refractivity contribution is 9.11. The molecule has 12 heavy (non-hydrogen) atoms. The fraction of sp³-hybridized carbons (Fsp3) is 0.667. The summed E-state index contributed by atoms with van der Waals surface area (Å²) < 4.78 is 1.16. The van der Waals surface area contributed by atoms with E-state index in [2.05, 4.69) is 15.9 Å². The SMILES string of the molecule is O=C1CCC(Br)=CN1CC1CC1. The Morgan fingerprint density at radius 2 is 2.25 bits per heavy atom. The third-order valence-corrected chi connectivity index (χ3v) is 2.95. The normalized spacial score (nSPS) is 24.2. The van der Waals surface area contributed by atoms with Gasteiger partial charge in [-0.05, 0) is 25.2 Å². The maximum Gasteiger partial charge on any atom is 0.226 e. The number of nitrogens with zero attached hydrogens (tertiary/aromatic N) is 1. The van der Waals surface area contributed by atoms with Gasteiger partial charge >= 0.3 is 0 Å². The number of halogens is 1. The molecule has 1 fully saturated rings. The predicted octanol–water partition coefficient (Wildman–Crippen LogP) is 2.26. The number of carbonyl (C=O) groups excluding carboxylic acids is 1. The molecule has 0 aromatic carbocycles. The first-order chi connectivity index (χ1) is 5.75. The molecule has 3 heteroatoms. The first kappa shape index (κ1) is 8.30. The van der Waals surface area contributed by atoms with Crippen LogP contribution in [0, 0.1) is 5.92 Å². The largest absolute Gasteiger partial charge is 0.318 e. The van der Waals surface area contributed by atoms with Gasteiger partial charge in [-0.25, -0.2) is 0 Å². The van der Waals surface area contributed by atoms with Crippen molar-refractivity contribution in [2.24, 2.45) is 5.92 Å². The van der Waals surface area contributed by atoms with Crippen LogP contribution in [0.3, 0.4) is 0 Å². The molecular formula is C9H12BrNO. The fourth-order valence-corrected chi connectivity index (χ4v) is 1.85. The van der Waals surface area contributed by atoms with Crippen LogP contribution in [0.5, 0.6) is 0 Å². The van der Waals surface area contributed by atoms with Crippen molar-refractivity contribution >= 4 is 21.8 Å². The van der Waals surface area contributed by atoms with Crippen LogP contribution in [0.15, 0.2) is 10.7 Å². The van der Waals surface area contributed by atoms with Gasteiger partial charge in [0.25, 0.3) is 0 Å². The molecule has 1 amide bonds. The zero-order valence-corrected chi connectivity index (χ0v) is 8.51. The lowest BCUT2D eigenvalue weighted by molar-refractivity contribution is -0.129. The molecule has 0 N–H and O–H groups in total. The smallest absolute Gasteiger partial charge is 0.226 e. The van der Waals surface area contributed by atoms with Gasteiger partial charge in [0.05, 0.1) is 0 Å². The van der Waals surface area contributed by atoms with Crippen LogP contribution in [0.1, 0.15) is 25.7 Å². The molecule has 0 saturated heterocycles. The van der Waals surface area contributed by atoms with Crippen LogP contribution < -0.4 is 0 Å². The number of amides is 1. The highest BCUT2D eigenvalue weighted by atomic mass is 79.9. The van der Waals surface area contributed by atoms with Crippen molar-refractivity contribution in [3.05, 3.63) is 10.7 Å². The summed E-state index contributed by atoms with van der Waals surface area (Å²) in [6, 6.07) is 0. The quantitative estimate of drug-likeness (QED) is 0.712. The Hall–Kier alpha value is -0.310. The Morgan fingerprint density at radius 3 is 2.92 bits per heavy atom. The van der Waals surface area contributed by atoms with Crippen LogP contribution in [-0.2, 0) is 4.79 Å². The van der Waals surface area contributed by atoms with Crippen molar-refractivity contribution in [1.29, 1.82) is 0 Å². The van der Waals surface area contributed by atoms with E-state index in [-0.39, 0.29) is 5.91 Å². The first-order valence-corrected chi connectivity index (χ1v) is 5.20. The molecule has 66 valence electrons. The third-order valence-electron chi connectivity index (χ3n) is 2.35. The molecule has 2 aliphatic rings. The molecule has 2 nitrogen and oxygen atoms in total. The summed E-state index contributed by atoms with van der Waals surface area (Å²) >= 11 is 3.43. The van der Waals surface area contributed by atoms with Gasteiger partial charge in [0, 0.05) is 23.6 Å². The molecular weight excluding hydrogens is 218 g/mol. The molecule has 2 rings (SSSR count). The summed E-state index contributed by atoms with van der Waals surface area (Å²) in [4.78, 5) is 13.2. The van der Waals surface area contributed by atoms with Gasteiger partial charge in [0.15, 0.2) is 0 Å². The number of carbonyl (C=O) groups is 1. The second-order valence-electron chi connectivity index (χ2n) is 3.57. The van der Waals surface area contributed by atoms with E-state index < -0.39 is 0 Å². The van der Waals surface area contributed by atoms with Crippen LogP contribution in [-0.4, -0.2) is 17.4 Å². The van der Waals surface area contributed by atoms with E-state index in [0.717, 1.165) is 23.4 Å². The van der Waals surface area contributed by atoms with Crippen molar-refractivity contribution in [3.63, 3.8) is 0 Å². The monoisotopic (exact) mass is 229 g/mol. The molecule has 1 aliphatic carbocycles. The average Bonchev–Trinajstić information content (AvgIpc) is 2.81. The maximum atomic E-state index is 11.4. The second kappa shape index (κ2) is 3.21. The highest BCUT2D eigenvalue weighted by Crippen LogP contribution is 2.31. The molecule has 0 spiro atoms. The molecule has 1 aliphatic heterocycles. The third kappa shape index (κ3) is 1.89. The van der Waals surface area contributed by atoms with Gasteiger partial charge in [-0.15, -0.1) is 0 Å². The number of hydrogen-bond acceptors (Lipinski definition) is 1. The molecule has 1 heterocycles. The number of allylic oxidation sites excluding steroid dienone is 1. The maximum absolute atomic E-state index is 11.4. The molecule has 0 unspecified atom stereocenters.